The van der Waals surface area contributed by atoms with Gasteiger partial charge in [-0.25, -0.2) is 23.6 Å². The Kier molecular flexibility index (Phi) is 8.46. The smallest absolute Gasteiger partial charge is 0.213 e. The van der Waals surface area contributed by atoms with Crippen LogP contribution in [0.1, 0.15) is 5.56 Å². The molecule has 7 nitrogen and oxygen atoms in total. The standard InChI is InChI=1S/C24H20ClNO2.ClHO4/c1-27-18-11-12-23-20(15-18)22(26-14-13-17-7-3-2-4-8-17)16-24(28-23)19-9-5-6-10-21(19)25;2-1(3,4)5/h2-12,15-16H,13-14H2,1H3;(H,2,3,4,5). The number of hydrogen-bond donors (Lipinski definition) is 1. The third kappa shape index (κ3) is 7.57. The molecule has 9 heteroatoms. The molecule has 0 fully saturated rings. The fraction of sp³-hybridized carbons (Fsp3) is 0.125. The summed E-state index contributed by atoms with van der Waals surface area (Å²) in [4.78, 5) is 3.56. The van der Waals surface area contributed by atoms with Crippen LogP contribution in [0.3, 0.4) is 0 Å². The summed E-state index contributed by atoms with van der Waals surface area (Å²) in [7, 11) is -3.28. The molecule has 0 aliphatic heterocycles. The average Bonchev–Trinajstić information content (AvgIpc) is 2.78. The minimum atomic E-state index is -4.94. The van der Waals surface area contributed by atoms with Gasteiger partial charge in [-0.1, -0.05) is 54.1 Å². The summed E-state index contributed by atoms with van der Waals surface area (Å²) in [5, 5.41) is 2.63. The first-order valence-corrected chi connectivity index (χ1v) is 11.4. The van der Waals surface area contributed by atoms with Crippen LogP contribution in [0.25, 0.3) is 22.3 Å². The lowest BCUT2D eigenvalue weighted by Crippen LogP contribution is -2.77. The molecule has 0 aliphatic rings. The van der Waals surface area contributed by atoms with Crippen molar-refractivity contribution in [1.82, 2.24) is 0 Å². The molecule has 0 saturated heterocycles. The zero-order valence-electron chi connectivity index (χ0n) is 17.6. The van der Waals surface area contributed by atoms with E-state index < -0.39 is 10.2 Å². The topological polar surface area (TPSA) is 129 Å². The highest BCUT2D eigenvalue weighted by Gasteiger charge is 2.12. The van der Waals surface area contributed by atoms with E-state index in [1.165, 1.54) is 5.56 Å². The first kappa shape index (κ1) is 24.7. The first-order chi connectivity index (χ1) is 15.7. The highest BCUT2D eigenvalue weighted by molar-refractivity contribution is 6.33. The lowest BCUT2D eigenvalue weighted by atomic mass is 10.1. The molecule has 33 heavy (non-hydrogen) atoms. The molecule has 4 rings (SSSR count). The van der Waals surface area contributed by atoms with E-state index in [4.69, 9.17) is 39.4 Å². The van der Waals surface area contributed by atoms with Crippen molar-refractivity contribution in [1.29, 1.82) is 0 Å². The van der Waals surface area contributed by atoms with Gasteiger partial charge in [0.15, 0.2) is 0 Å². The molecule has 0 unspecified atom stereocenters. The molecule has 0 atom stereocenters. The number of methoxy groups -OCH3 is 1. The number of ether oxygens (including phenoxy) is 1. The number of hydrogen-bond acceptors (Lipinski definition) is 6. The summed E-state index contributed by atoms with van der Waals surface area (Å²) < 4.78 is 45.5. The number of fused-ring (bicyclic) bond motifs is 1. The van der Waals surface area contributed by atoms with E-state index in [1.807, 2.05) is 54.6 Å². The summed E-state index contributed by atoms with van der Waals surface area (Å²) in [6.07, 6.45) is 0.930. The van der Waals surface area contributed by atoms with Crippen molar-refractivity contribution in [3.63, 3.8) is 0 Å². The fourth-order valence-electron chi connectivity index (χ4n) is 3.22. The molecule has 0 bridgehead atoms. The predicted molar refractivity (Wildman–Crippen MR) is 112 cm³/mol. The maximum absolute atomic E-state index is 8.49. The van der Waals surface area contributed by atoms with Gasteiger partial charge in [0.05, 0.1) is 23.6 Å². The van der Waals surface area contributed by atoms with Crippen LogP contribution >= 0.6 is 11.6 Å². The van der Waals surface area contributed by atoms with E-state index in [1.54, 1.807) is 7.11 Å². The third-order valence-corrected chi connectivity index (χ3v) is 5.01. The molecule has 0 spiro atoms. The Bertz CT molecular complexity index is 1260. The minimum absolute atomic E-state index is 0.661. The molecule has 0 amide bonds. The number of benzene rings is 3. The van der Waals surface area contributed by atoms with Gasteiger partial charge in [-0.15, -0.1) is 10.2 Å². The summed E-state index contributed by atoms with van der Waals surface area (Å²) in [6.45, 7) is 0.808. The molecule has 0 radical (unpaired) electrons. The van der Waals surface area contributed by atoms with Crippen molar-refractivity contribution in [2.75, 3.05) is 13.7 Å². The number of nitrogens with one attached hydrogen (secondary N) is 1. The monoisotopic (exact) mass is 489 g/mol. The second-order valence-corrected chi connectivity index (χ2v) is 8.07. The lowest BCUT2D eigenvalue weighted by molar-refractivity contribution is -2.00. The van der Waals surface area contributed by atoms with Crippen molar-refractivity contribution >= 4 is 22.6 Å². The van der Waals surface area contributed by atoms with Crippen LogP contribution in [0.4, 0.5) is 0 Å². The lowest BCUT2D eigenvalue weighted by Gasteiger charge is -2.17. The van der Waals surface area contributed by atoms with Gasteiger partial charge >= 0.3 is 0 Å². The van der Waals surface area contributed by atoms with Gasteiger partial charge < -0.3 is 9.15 Å². The molecule has 0 saturated carbocycles. The van der Waals surface area contributed by atoms with Gasteiger partial charge in [0.1, 0.15) is 23.6 Å². The molecule has 3 aromatic carbocycles. The molecule has 1 aromatic heterocycles. The summed E-state index contributed by atoms with van der Waals surface area (Å²) in [6, 6.07) is 26.0. The SMILES string of the molecule is COc1ccc2oc(-c3ccccc3Cl)cc(=[NH+]CCc3ccccc3)c2c1.[O-][Cl+3]([O-])([O-])[O-]. The van der Waals surface area contributed by atoms with Crippen molar-refractivity contribution in [2.24, 2.45) is 0 Å². The first-order valence-electron chi connectivity index (χ1n) is 9.84. The Balaban J connectivity index is 0.000000555. The van der Waals surface area contributed by atoms with Crippen LogP contribution in [0, 0.1) is 10.2 Å². The van der Waals surface area contributed by atoms with Crippen LogP contribution in [0.5, 0.6) is 5.75 Å². The summed E-state index contributed by atoms with van der Waals surface area (Å²) in [5.74, 6) is 1.52. The van der Waals surface area contributed by atoms with Crippen LogP contribution in [0.2, 0.25) is 5.02 Å². The quantitative estimate of drug-likeness (QED) is 0.391. The zero-order chi connectivity index (χ0) is 23.8. The highest BCUT2D eigenvalue weighted by atomic mass is 35.7. The molecule has 1 heterocycles. The molecule has 4 aromatic rings. The molecular weight excluding hydrogens is 469 g/mol. The molecular formula is C24H21Cl2NO6. The largest absolute Gasteiger partial charge is 0.497 e. The number of halogens is 2. The summed E-state index contributed by atoms with van der Waals surface area (Å²) in [5.41, 5.74) is 2.94. The van der Waals surface area contributed by atoms with E-state index in [0.717, 1.165) is 46.4 Å². The highest BCUT2D eigenvalue weighted by Crippen LogP contribution is 2.29. The normalized spacial score (nSPS) is 11.8. The maximum atomic E-state index is 8.49. The van der Waals surface area contributed by atoms with E-state index >= 15 is 0 Å². The second kappa shape index (κ2) is 11.3. The van der Waals surface area contributed by atoms with Gasteiger partial charge in [0, 0.05) is 12.0 Å². The predicted octanol–water partition coefficient (Wildman–Crippen LogP) is -0.770. The van der Waals surface area contributed by atoms with Gasteiger partial charge in [-0.05, 0) is 35.9 Å². The van der Waals surface area contributed by atoms with Crippen LogP contribution < -0.4 is 33.7 Å². The van der Waals surface area contributed by atoms with Crippen molar-refractivity contribution in [2.45, 2.75) is 6.42 Å². The Hall–Kier alpha value is -2.91. The van der Waals surface area contributed by atoms with Crippen molar-refractivity contribution in [3.05, 3.63) is 94.8 Å². The molecule has 172 valence electrons. The Morgan fingerprint density at radius 2 is 1.58 bits per heavy atom. The Morgan fingerprint density at radius 1 is 0.909 bits per heavy atom. The minimum Gasteiger partial charge on any atom is -0.497 e. The van der Waals surface area contributed by atoms with Crippen molar-refractivity contribution in [3.8, 4) is 17.1 Å². The van der Waals surface area contributed by atoms with Crippen LogP contribution in [0.15, 0.2) is 83.3 Å². The van der Waals surface area contributed by atoms with E-state index in [0.29, 0.717) is 5.02 Å². The van der Waals surface area contributed by atoms with Gasteiger partial charge in [0.25, 0.3) is 0 Å². The average molecular weight is 490 g/mol. The Morgan fingerprint density at radius 3 is 2.24 bits per heavy atom. The van der Waals surface area contributed by atoms with Crippen LogP contribution in [-0.2, 0) is 6.42 Å². The molecule has 0 aliphatic carbocycles. The zero-order valence-corrected chi connectivity index (χ0v) is 19.1. The second-order valence-electron chi connectivity index (χ2n) is 6.91. The fourth-order valence-corrected chi connectivity index (χ4v) is 3.45. The van der Waals surface area contributed by atoms with Gasteiger partial charge in [-0.2, -0.15) is 0 Å². The number of rotatable bonds is 5. The van der Waals surface area contributed by atoms with Crippen LogP contribution in [-0.4, -0.2) is 13.7 Å². The van der Waals surface area contributed by atoms with Crippen molar-refractivity contribution < 1.29 is 43.0 Å². The van der Waals surface area contributed by atoms with Gasteiger partial charge in [0.2, 0.25) is 5.36 Å². The van der Waals surface area contributed by atoms with E-state index in [2.05, 4.69) is 29.3 Å². The Labute approximate surface area is 197 Å². The van der Waals surface area contributed by atoms with E-state index in [9.17, 15) is 0 Å². The van der Waals surface area contributed by atoms with E-state index in [-0.39, 0.29) is 0 Å². The van der Waals surface area contributed by atoms with Gasteiger partial charge in [-0.3, -0.25) is 0 Å². The summed E-state index contributed by atoms with van der Waals surface area (Å²) >= 11 is 6.39. The third-order valence-electron chi connectivity index (χ3n) is 4.68. The maximum Gasteiger partial charge on any atom is 0.213 e. The molecule has 1 N–H and O–H groups in total.